The minimum absolute atomic E-state index is 0.00121. The Morgan fingerprint density at radius 3 is 2.21 bits per heavy atom. The van der Waals surface area contributed by atoms with Crippen LogP contribution >= 0.6 is 11.8 Å². The van der Waals surface area contributed by atoms with Crippen molar-refractivity contribution in [2.45, 2.75) is 49.5 Å². The first-order chi connectivity index (χ1) is 23.6. The predicted octanol–water partition coefficient (Wildman–Crippen LogP) is 8.19. The summed E-state index contributed by atoms with van der Waals surface area (Å²) in [6.07, 6.45) is -0.120. The van der Waals surface area contributed by atoms with Crippen LogP contribution in [0.2, 0.25) is 0 Å². The minimum atomic E-state index is -0.567. The second kappa shape index (κ2) is 16.5. The maximum Gasteiger partial charge on any atom is 0.315 e. The molecule has 1 aliphatic rings. The highest BCUT2D eigenvalue weighted by molar-refractivity contribution is 7.99. The molecule has 6 rings (SSSR count). The highest BCUT2D eigenvalue weighted by Crippen LogP contribution is 2.41. The third-order valence-corrected chi connectivity index (χ3v) is 9.46. The summed E-state index contributed by atoms with van der Waals surface area (Å²) in [6.45, 7) is 0.881. The number of amides is 2. The summed E-state index contributed by atoms with van der Waals surface area (Å²) in [5, 5.41) is 15.4. The number of aliphatic hydroxyl groups is 1. The van der Waals surface area contributed by atoms with E-state index in [1.807, 2.05) is 97.1 Å². The van der Waals surface area contributed by atoms with Crippen molar-refractivity contribution in [3.63, 3.8) is 0 Å². The molecule has 5 aromatic rings. The van der Waals surface area contributed by atoms with Crippen LogP contribution in [0, 0.1) is 0 Å². The van der Waals surface area contributed by atoms with E-state index in [0.29, 0.717) is 19.5 Å². The zero-order chi connectivity index (χ0) is 33.1. The SMILES string of the molecule is COc1ccccc1SC[C@H]1C[C@@H](c2ccc(CO)cc2)O[C@@H](c2cccc(-c3cccc(CNC(=O)NCc4ccccc4)c3)c2)O1. The molecule has 7 nitrogen and oxygen atoms in total. The minimum Gasteiger partial charge on any atom is -0.496 e. The van der Waals surface area contributed by atoms with Crippen LogP contribution in [0.15, 0.2) is 132 Å². The van der Waals surface area contributed by atoms with E-state index < -0.39 is 6.29 Å². The van der Waals surface area contributed by atoms with Gasteiger partial charge in [-0.15, -0.1) is 11.8 Å². The molecule has 0 unspecified atom stereocenters. The number of benzene rings is 5. The Morgan fingerprint density at radius 1 is 0.750 bits per heavy atom. The average Bonchev–Trinajstić information content (AvgIpc) is 3.16. The maximum atomic E-state index is 12.4. The Morgan fingerprint density at radius 2 is 1.44 bits per heavy atom. The second-order valence-electron chi connectivity index (χ2n) is 11.7. The lowest BCUT2D eigenvalue weighted by molar-refractivity contribution is -0.245. The van der Waals surface area contributed by atoms with Crippen molar-refractivity contribution in [2.24, 2.45) is 0 Å². The normalized spacial score (nSPS) is 17.4. The number of carbonyl (C=O) groups is 1. The first-order valence-electron chi connectivity index (χ1n) is 16.1. The summed E-state index contributed by atoms with van der Waals surface area (Å²) in [4.78, 5) is 13.5. The highest BCUT2D eigenvalue weighted by Gasteiger charge is 2.32. The van der Waals surface area contributed by atoms with Crippen molar-refractivity contribution < 1.29 is 24.1 Å². The molecule has 1 heterocycles. The van der Waals surface area contributed by atoms with Gasteiger partial charge in [-0.1, -0.05) is 103 Å². The van der Waals surface area contributed by atoms with Crippen LogP contribution in [0.1, 0.15) is 46.6 Å². The van der Waals surface area contributed by atoms with Crippen molar-refractivity contribution in [1.82, 2.24) is 10.6 Å². The van der Waals surface area contributed by atoms with Gasteiger partial charge in [-0.3, -0.25) is 0 Å². The molecule has 1 aliphatic heterocycles. The molecule has 48 heavy (non-hydrogen) atoms. The van der Waals surface area contributed by atoms with Gasteiger partial charge in [-0.2, -0.15) is 0 Å². The molecule has 3 atom stereocenters. The Kier molecular flexibility index (Phi) is 11.4. The van der Waals surface area contributed by atoms with E-state index in [1.165, 1.54) is 0 Å². The fraction of sp³-hybridized carbons (Fsp3) is 0.225. The molecule has 0 saturated carbocycles. The summed E-state index contributed by atoms with van der Waals surface area (Å²) < 4.78 is 18.8. The molecule has 1 saturated heterocycles. The zero-order valence-corrected chi connectivity index (χ0v) is 27.7. The van der Waals surface area contributed by atoms with Crippen molar-refractivity contribution in [2.75, 3.05) is 12.9 Å². The number of ether oxygens (including phenoxy) is 3. The molecular formula is C40H40N2O5S. The fourth-order valence-corrected chi connectivity index (χ4v) is 6.74. The predicted molar refractivity (Wildman–Crippen MR) is 190 cm³/mol. The number of aliphatic hydroxyl groups excluding tert-OH is 1. The van der Waals surface area contributed by atoms with Gasteiger partial charge < -0.3 is 30.0 Å². The first-order valence-corrected chi connectivity index (χ1v) is 17.1. The van der Waals surface area contributed by atoms with E-state index in [0.717, 1.165) is 55.3 Å². The summed E-state index contributed by atoms with van der Waals surface area (Å²) in [6, 6.07) is 42.0. The van der Waals surface area contributed by atoms with Gasteiger partial charge in [0.1, 0.15) is 5.75 Å². The Bertz CT molecular complexity index is 1780. The van der Waals surface area contributed by atoms with Crippen LogP contribution in [0.4, 0.5) is 4.79 Å². The van der Waals surface area contributed by atoms with Gasteiger partial charge in [0.25, 0.3) is 0 Å². The molecule has 0 spiro atoms. The van der Waals surface area contributed by atoms with Gasteiger partial charge >= 0.3 is 6.03 Å². The molecule has 3 N–H and O–H groups in total. The lowest BCUT2D eigenvalue weighted by Crippen LogP contribution is -2.34. The number of methoxy groups -OCH3 is 1. The number of carbonyl (C=O) groups excluding carboxylic acids is 1. The zero-order valence-electron chi connectivity index (χ0n) is 26.9. The van der Waals surface area contributed by atoms with E-state index in [-0.39, 0.29) is 24.8 Å². The summed E-state index contributed by atoms with van der Waals surface area (Å²) in [5.74, 6) is 1.58. The summed E-state index contributed by atoms with van der Waals surface area (Å²) in [5.41, 5.74) is 6.96. The monoisotopic (exact) mass is 660 g/mol. The van der Waals surface area contributed by atoms with Crippen LogP contribution in [-0.2, 0) is 29.2 Å². The van der Waals surface area contributed by atoms with E-state index >= 15 is 0 Å². The third kappa shape index (κ3) is 8.85. The lowest BCUT2D eigenvalue weighted by atomic mass is 9.99. The Labute approximate surface area is 286 Å². The fourth-order valence-electron chi connectivity index (χ4n) is 5.69. The average molecular weight is 661 g/mol. The quantitative estimate of drug-likeness (QED) is 0.117. The number of rotatable bonds is 12. The van der Waals surface area contributed by atoms with Crippen molar-refractivity contribution in [3.8, 4) is 16.9 Å². The van der Waals surface area contributed by atoms with Crippen LogP contribution < -0.4 is 15.4 Å². The largest absolute Gasteiger partial charge is 0.496 e. The van der Waals surface area contributed by atoms with Gasteiger partial charge in [0.05, 0.1) is 25.9 Å². The Balaban J connectivity index is 1.16. The van der Waals surface area contributed by atoms with Crippen molar-refractivity contribution in [1.29, 1.82) is 0 Å². The topological polar surface area (TPSA) is 89.0 Å². The number of urea groups is 1. The van der Waals surface area contributed by atoms with E-state index in [1.54, 1.807) is 18.9 Å². The number of hydrogen-bond donors (Lipinski definition) is 3. The highest BCUT2D eigenvalue weighted by atomic mass is 32.2. The van der Waals surface area contributed by atoms with E-state index in [9.17, 15) is 9.90 Å². The van der Waals surface area contributed by atoms with E-state index in [2.05, 4.69) is 41.0 Å². The van der Waals surface area contributed by atoms with Crippen LogP contribution in [-0.4, -0.2) is 30.1 Å². The van der Waals surface area contributed by atoms with Gasteiger partial charge in [0.2, 0.25) is 0 Å². The molecule has 8 heteroatoms. The van der Waals surface area contributed by atoms with Crippen LogP contribution in [0.5, 0.6) is 5.75 Å². The van der Waals surface area contributed by atoms with Gasteiger partial charge in [0, 0.05) is 35.7 Å². The van der Waals surface area contributed by atoms with Gasteiger partial charge in [-0.05, 0) is 57.6 Å². The lowest BCUT2D eigenvalue weighted by Gasteiger charge is -2.36. The standard InChI is InChI=1S/C40H40N2O5S/c1-45-36-15-5-6-16-38(36)48-27-35-23-37(31-19-17-29(26-43)18-20-31)47-39(46-35)34-14-8-13-33(22-34)32-12-7-11-30(21-32)25-42-40(44)41-24-28-9-3-2-4-10-28/h2-22,35,37,39,43H,23-27H2,1H3,(H2,41,42,44)/t35-,37+,39+/m1/s1. The number of hydrogen-bond acceptors (Lipinski definition) is 6. The van der Waals surface area contributed by atoms with Gasteiger partial charge in [0.15, 0.2) is 6.29 Å². The third-order valence-electron chi connectivity index (χ3n) is 8.28. The smallest absolute Gasteiger partial charge is 0.315 e. The number of thioether (sulfide) groups is 1. The van der Waals surface area contributed by atoms with Crippen LogP contribution in [0.3, 0.4) is 0 Å². The van der Waals surface area contributed by atoms with Crippen molar-refractivity contribution >= 4 is 17.8 Å². The molecule has 5 aromatic carbocycles. The molecular weight excluding hydrogens is 621 g/mol. The molecule has 0 aromatic heterocycles. The Hall–Kier alpha value is -4.60. The molecule has 246 valence electrons. The number of para-hydroxylation sites is 1. The first kappa shape index (κ1) is 33.3. The molecule has 0 radical (unpaired) electrons. The molecule has 0 aliphatic carbocycles. The number of nitrogens with one attached hydrogen (secondary N) is 2. The molecule has 0 bridgehead atoms. The van der Waals surface area contributed by atoms with E-state index in [4.69, 9.17) is 14.2 Å². The maximum absolute atomic E-state index is 12.4. The molecule has 2 amide bonds. The summed E-state index contributed by atoms with van der Waals surface area (Å²) >= 11 is 1.72. The molecule has 1 fully saturated rings. The summed E-state index contributed by atoms with van der Waals surface area (Å²) in [7, 11) is 1.69. The van der Waals surface area contributed by atoms with Crippen LogP contribution in [0.25, 0.3) is 11.1 Å². The van der Waals surface area contributed by atoms with Crippen molar-refractivity contribution in [3.05, 3.63) is 155 Å². The second-order valence-corrected chi connectivity index (χ2v) is 12.7. The van der Waals surface area contributed by atoms with Gasteiger partial charge in [-0.25, -0.2) is 4.79 Å².